The van der Waals surface area contributed by atoms with Gasteiger partial charge in [0.15, 0.2) is 0 Å². The average molecular weight is 282 g/mol. The summed E-state index contributed by atoms with van der Waals surface area (Å²) < 4.78 is 11.1. The number of nitrogens with one attached hydrogen (secondary N) is 1. The van der Waals surface area contributed by atoms with Crippen LogP contribution in [0.1, 0.15) is 52.9 Å². The quantitative estimate of drug-likeness (QED) is 0.661. The molecule has 0 bridgehead atoms. The Morgan fingerprint density at radius 1 is 1.35 bits per heavy atom. The van der Waals surface area contributed by atoms with Gasteiger partial charge in [0.25, 0.3) is 0 Å². The number of rotatable bonds is 9. The van der Waals surface area contributed by atoms with Crippen molar-refractivity contribution in [2.45, 2.75) is 64.5 Å². The number of nitrogens with zero attached hydrogens (tertiary/aromatic N) is 1. The first kappa shape index (κ1) is 17.4. The van der Waals surface area contributed by atoms with Crippen molar-refractivity contribution in [3.05, 3.63) is 0 Å². The average Bonchev–Trinajstić information content (AvgIpc) is 2.43. The molecule has 1 heterocycles. The van der Waals surface area contributed by atoms with Gasteiger partial charge in [-0.2, -0.15) is 5.26 Å². The molecule has 1 saturated heterocycles. The molecule has 1 N–H and O–H groups in total. The van der Waals surface area contributed by atoms with Crippen LogP contribution in [0, 0.1) is 17.2 Å². The van der Waals surface area contributed by atoms with Gasteiger partial charge in [-0.05, 0) is 58.8 Å². The Hall–Kier alpha value is -0.630. The first-order valence-electron chi connectivity index (χ1n) is 7.90. The van der Waals surface area contributed by atoms with Crippen LogP contribution in [-0.2, 0) is 9.47 Å². The molecule has 0 radical (unpaired) electrons. The summed E-state index contributed by atoms with van der Waals surface area (Å²) in [6.07, 6.45) is 5.19. The lowest BCUT2D eigenvalue weighted by atomic mass is 9.95. The van der Waals surface area contributed by atoms with E-state index < -0.39 is 5.54 Å². The van der Waals surface area contributed by atoms with E-state index in [2.05, 4.69) is 25.2 Å². The third-order valence-electron chi connectivity index (χ3n) is 3.76. The topological polar surface area (TPSA) is 54.3 Å². The predicted octanol–water partition coefficient (Wildman–Crippen LogP) is 2.88. The Balaban J connectivity index is 2.04. The number of hydrogen-bond donors (Lipinski definition) is 1. The summed E-state index contributed by atoms with van der Waals surface area (Å²) >= 11 is 0. The molecule has 0 aromatic carbocycles. The van der Waals surface area contributed by atoms with Gasteiger partial charge in [0.1, 0.15) is 5.54 Å². The maximum absolute atomic E-state index is 9.25. The minimum atomic E-state index is -0.408. The molecule has 1 unspecified atom stereocenters. The normalized spacial score (nSPS) is 19.8. The molecular formula is C16H30N2O2. The van der Waals surface area contributed by atoms with Crippen molar-refractivity contribution < 1.29 is 9.47 Å². The van der Waals surface area contributed by atoms with Crippen LogP contribution in [0.15, 0.2) is 0 Å². The maximum atomic E-state index is 9.25. The van der Waals surface area contributed by atoms with Crippen molar-refractivity contribution in [2.75, 3.05) is 26.4 Å². The van der Waals surface area contributed by atoms with Crippen LogP contribution >= 0.6 is 0 Å². The molecule has 1 aliphatic rings. The van der Waals surface area contributed by atoms with Crippen LogP contribution in [0.5, 0.6) is 0 Å². The molecule has 1 aliphatic heterocycles. The van der Waals surface area contributed by atoms with E-state index >= 15 is 0 Å². The minimum absolute atomic E-state index is 0.337. The van der Waals surface area contributed by atoms with Crippen molar-refractivity contribution >= 4 is 0 Å². The molecule has 4 nitrogen and oxygen atoms in total. The Kier molecular flexibility index (Phi) is 8.13. The molecule has 0 saturated carbocycles. The van der Waals surface area contributed by atoms with Crippen molar-refractivity contribution in [3.63, 3.8) is 0 Å². The molecule has 116 valence electrons. The van der Waals surface area contributed by atoms with E-state index in [4.69, 9.17) is 9.47 Å². The van der Waals surface area contributed by atoms with E-state index in [0.717, 1.165) is 58.5 Å². The van der Waals surface area contributed by atoms with Crippen LogP contribution in [-0.4, -0.2) is 38.0 Å². The highest BCUT2D eigenvalue weighted by Crippen LogP contribution is 2.16. The molecule has 1 fully saturated rings. The molecule has 4 heteroatoms. The molecule has 20 heavy (non-hydrogen) atoms. The SMILES string of the molecule is CC(C)NC(C)(C#N)CCCCOCC1CCOCC1. The molecule has 0 aliphatic carbocycles. The van der Waals surface area contributed by atoms with Gasteiger partial charge in [-0.25, -0.2) is 0 Å². The molecule has 0 spiro atoms. The molecule has 0 amide bonds. The van der Waals surface area contributed by atoms with E-state index in [9.17, 15) is 5.26 Å². The van der Waals surface area contributed by atoms with Crippen LogP contribution in [0.25, 0.3) is 0 Å². The summed E-state index contributed by atoms with van der Waals surface area (Å²) in [5, 5.41) is 12.6. The van der Waals surface area contributed by atoms with Crippen LogP contribution < -0.4 is 5.32 Å². The molecule has 1 rings (SSSR count). The van der Waals surface area contributed by atoms with Crippen LogP contribution in [0.4, 0.5) is 0 Å². The second-order valence-corrected chi connectivity index (χ2v) is 6.33. The summed E-state index contributed by atoms with van der Waals surface area (Å²) in [6, 6.07) is 2.72. The lowest BCUT2D eigenvalue weighted by Crippen LogP contribution is -2.44. The zero-order valence-electron chi connectivity index (χ0n) is 13.3. The lowest BCUT2D eigenvalue weighted by molar-refractivity contribution is 0.0196. The summed E-state index contributed by atoms with van der Waals surface area (Å²) in [5.74, 6) is 0.677. The fourth-order valence-electron chi connectivity index (χ4n) is 2.64. The molecule has 1 atom stereocenters. The Labute approximate surface area is 123 Å². The lowest BCUT2D eigenvalue weighted by Gasteiger charge is -2.26. The van der Waals surface area contributed by atoms with E-state index in [0.29, 0.717) is 12.0 Å². The minimum Gasteiger partial charge on any atom is -0.381 e. The van der Waals surface area contributed by atoms with Gasteiger partial charge in [-0.3, -0.25) is 5.32 Å². The van der Waals surface area contributed by atoms with E-state index in [1.54, 1.807) is 0 Å². The van der Waals surface area contributed by atoms with Gasteiger partial charge in [0, 0.05) is 32.5 Å². The van der Waals surface area contributed by atoms with Crippen molar-refractivity contribution in [3.8, 4) is 6.07 Å². The third-order valence-corrected chi connectivity index (χ3v) is 3.76. The third kappa shape index (κ3) is 7.23. The highest BCUT2D eigenvalue weighted by Gasteiger charge is 2.23. The van der Waals surface area contributed by atoms with E-state index in [-0.39, 0.29) is 0 Å². The standard InChI is InChI=1S/C16H30N2O2/c1-14(2)18-16(3,13-17)8-4-5-9-20-12-15-6-10-19-11-7-15/h14-15,18H,4-12H2,1-3H3. The zero-order valence-corrected chi connectivity index (χ0v) is 13.3. The van der Waals surface area contributed by atoms with Crippen molar-refractivity contribution in [1.82, 2.24) is 5.32 Å². The van der Waals surface area contributed by atoms with Crippen LogP contribution in [0.2, 0.25) is 0 Å². The fourth-order valence-corrected chi connectivity index (χ4v) is 2.64. The highest BCUT2D eigenvalue weighted by molar-refractivity contribution is 5.04. The van der Waals surface area contributed by atoms with Crippen molar-refractivity contribution in [1.29, 1.82) is 5.26 Å². The number of ether oxygens (including phenoxy) is 2. The second-order valence-electron chi connectivity index (χ2n) is 6.33. The summed E-state index contributed by atoms with van der Waals surface area (Å²) in [6.45, 7) is 9.57. The smallest absolute Gasteiger partial charge is 0.104 e. The Morgan fingerprint density at radius 3 is 2.65 bits per heavy atom. The molecule has 0 aromatic rings. The zero-order chi connectivity index (χ0) is 14.8. The molecular weight excluding hydrogens is 252 g/mol. The van der Waals surface area contributed by atoms with Gasteiger partial charge >= 0.3 is 0 Å². The Morgan fingerprint density at radius 2 is 2.05 bits per heavy atom. The van der Waals surface area contributed by atoms with E-state index in [1.165, 1.54) is 0 Å². The summed E-state index contributed by atoms with van der Waals surface area (Å²) in [5.41, 5.74) is -0.408. The first-order valence-corrected chi connectivity index (χ1v) is 7.90. The Bertz CT molecular complexity index is 295. The highest BCUT2D eigenvalue weighted by atomic mass is 16.5. The summed E-state index contributed by atoms with van der Waals surface area (Å²) in [7, 11) is 0. The second kappa shape index (κ2) is 9.33. The van der Waals surface area contributed by atoms with E-state index in [1.807, 2.05) is 6.92 Å². The fraction of sp³-hybridized carbons (Fsp3) is 0.938. The monoisotopic (exact) mass is 282 g/mol. The maximum Gasteiger partial charge on any atom is 0.104 e. The number of unbranched alkanes of at least 4 members (excludes halogenated alkanes) is 1. The number of hydrogen-bond acceptors (Lipinski definition) is 4. The summed E-state index contributed by atoms with van der Waals surface area (Å²) in [4.78, 5) is 0. The van der Waals surface area contributed by atoms with Gasteiger partial charge in [0.05, 0.1) is 6.07 Å². The van der Waals surface area contributed by atoms with Crippen LogP contribution in [0.3, 0.4) is 0 Å². The largest absolute Gasteiger partial charge is 0.381 e. The molecule has 0 aromatic heterocycles. The predicted molar refractivity (Wildman–Crippen MR) is 80.5 cm³/mol. The van der Waals surface area contributed by atoms with Crippen molar-refractivity contribution in [2.24, 2.45) is 5.92 Å². The first-order chi connectivity index (χ1) is 9.56. The van der Waals surface area contributed by atoms with Gasteiger partial charge in [-0.15, -0.1) is 0 Å². The number of nitriles is 1. The van der Waals surface area contributed by atoms with Gasteiger partial charge in [0.2, 0.25) is 0 Å². The van der Waals surface area contributed by atoms with Gasteiger partial charge in [-0.1, -0.05) is 0 Å². The van der Waals surface area contributed by atoms with Gasteiger partial charge < -0.3 is 9.47 Å².